The van der Waals surface area contributed by atoms with Crippen molar-refractivity contribution in [3.05, 3.63) is 24.0 Å². The van der Waals surface area contributed by atoms with Crippen molar-refractivity contribution in [2.45, 2.75) is 26.2 Å². The van der Waals surface area contributed by atoms with E-state index in [0.717, 1.165) is 24.2 Å². The summed E-state index contributed by atoms with van der Waals surface area (Å²) in [6.45, 7) is 2.15. The highest BCUT2D eigenvalue weighted by atomic mass is 79.9. The molecule has 0 spiro atoms. The molecule has 0 saturated heterocycles. The zero-order valence-corrected chi connectivity index (χ0v) is 11.8. The van der Waals surface area contributed by atoms with Gasteiger partial charge in [-0.2, -0.15) is 0 Å². The lowest BCUT2D eigenvalue weighted by Gasteiger charge is -2.08. The normalized spacial score (nSPS) is 10.2. The summed E-state index contributed by atoms with van der Waals surface area (Å²) in [5.41, 5.74) is 0. The number of hydrogen-bond acceptors (Lipinski definition) is 3. The largest absolute Gasteiger partial charge is 0.491 e. The number of halogens is 2. The topological polar surface area (TPSA) is 35.5 Å². The van der Waals surface area contributed by atoms with E-state index in [0.29, 0.717) is 6.61 Å². The molecule has 0 aliphatic heterocycles. The van der Waals surface area contributed by atoms with Crippen molar-refractivity contribution < 1.29 is 18.7 Å². The van der Waals surface area contributed by atoms with E-state index < -0.39 is 5.82 Å². The van der Waals surface area contributed by atoms with Crippen LogP contribution in [-0.2, 0) is 4.79 Å². The van der Waals surface area contributed by atoms with Crippen LogP contribution in [0.25, 0.3) is 0 Å². The number of carbonyl (C=O) groups excluding carboxylic acids is 1. The second-order valence-corrected chi connectivity index (χ2v) is 4.46. The Hall–Kier alpha value is -1.10. The van der Waals surface area contributed by atoms with Crippen molar-refractivity contribution in [1.29, 1.82) is 0 Å². The van der Waals surface area contributed by atoms with Gasteiger partial charge in [-0.3, -0.25) is 4.79 Å². The molecule has 0 N–H and O–H groups in total. The molecule has 0 aromatic heterocycles. The van der Waals surface area contributed by atoms with E-state index in [1.165, 1.54) is 12.1 Å². The van der Waals surface area contributed by atoms with E-state index in [2.05, 4.69) is 15.9 Å². The molecule has 0 radical (unpaired) electrons. The molecule has 0 unspecified atom stereocenters. The molecule has 1 rings (SSSR count). The summed E-state index contributed by atoms with van der Waals surface area (Å²) in [5.74, 6) is -0.524. The zero-order chi connectivity index (χ0) is 13.4. The van der Waals surface area contributed by atoms with Crippen molar-refractivity contribution in [3.63, 3.8) is 0 Å². The molecule has 1 aromatic rings. The van der Waals surface area contributed by atoms with Crippen molar-refractivity contribution in [2.75, 3.05) is 11.9 Å². The van der Waals surface area contributed by atoms with Crippen LogP contribution in [0.5, 0.6) is 11.5 Å². The van der Waals surface area contributed by atoms with E-state index >= 15 is 0 Å². The maximum Gasteiger partial charge on any atom is 0.310 e. The van der Waals surface area contributed by atoms with Gasteiger partial charge in [-0.1, -0.05) is 22.9 Å². The van der Waals surface area contributed by atoms with Gasteiger partial charge < -0.3 is 9.47 Å². The molecule has 0 amide bonds. The third-order valence-electron chi connectivity index (χ3n) is 2.21. The van der Waals surface area contributed by atoms with Gasteiger partial charge in [-0.25, -0.2) is 4.39 Å². The molecular weight excluding hydrogens is 303 g/mol. The van der Waals surface area contributed by atoms with Gasteiger partial charge in [-0.05, 0) is 25.0 Å². The van der Waals surface area contributed by atoms with E-state index in [4.69, 9.17) is 9.47 Å². The Morgan fingerprint density at radius 2 is 2.17 bits per heavy atom. The second-order valence-electron chi connectivity index (χ2n) is 3.66. The van der Waals surface area contributed by atoms with Crippen LogP contribution >= 0.6 is 15.9 Å². The third-order valence-corrected chi connectivity index (χ3v) is 2.77. The summed E-state index contributed by atoms with van der Waals surface area (Å²) < 4.78 is 23.8. The molecule has 5 heteroatoms. The number of benzene rings is 1. The average molecular weight is 319 g/mol. The fourth-order valence-electron chi connectivity index (χ4n) is 1.24. The minimum absolute atomic E-state index is 0.181. The minimum Gasteiger partial charge on any atom is -0.491 e. The van der Waals surface area contributed by atoms with Gasteiger partial charge in [0.05, 0.1) is 6.61 Å². The SMILES string of the molecule is CCC(=O)Oc1ccc(OCCCCBr)c(F)c1. The Morgan fingerprint density at radius 1 is 1.39 bits per heavy atom. The number of alkyl halides is 1. The van der Waals surface area contributed by atoms with E-state index in [1.807, 2.05) is 0 Å². The van der Waals surface area contributed by atoms with Gasteiger partial charge in [0.15, 0.2) is 11.6 Å². The van der Waals surface area contributed by atoms with Gasteiger partial charge in [0.2, 0.25) is 0 Å². The lowest BCUT2D eigenvalue weighted by atomic mass is 10.3. The maximum atomic E-state index is 13.6. The molecule has 1 aromatic carbocycles. The van der Waals surface area contributed by atoms with Crippen molar-refractivity contribution in [1.82, 2.24) is 0 Å². The smallest absolute Gasteiger partial charge is 0.310 e. The molecule has 0 bridgehead atoms. The van der Waals surface area contributed by atoms with Crippen LogP contribution < -0.4 is 9.47 Å². The molecule has 18 heavy (non-hydrogen) atoms. The first-order valence-electron chi connectivity index (χ1n) is 5.86. The second kappa shape index (κ2) is 8.08. The Balaban J connectivity index is 2.54. The number of carbonyl (C=O) groups is 1. The summed E-state index contributed by atoms with van der Waals surface area (Å²) in [7, 11) is 0. The van der Waals surface area contributed by atoms with Crippen molar-refractivity contribution in [3.8, 4) is 11.5 Å². The Labute approximate surface area is 114 Å². The number of ether oxygens (including phenoxy) is 2. The predicted octanol–water partition coefficient (Wildman–Crippen LogP) is 3.70. The lowest BCUT2D eigenvalue weighted by molar-refractivity contribution is -0.134. The van der Waals surface area contributed by atoms with Crippen LogP contribution in [0, 0.1) is 5.82 Å². The Morgan fingerprint density at radius 3 is 2.78 bits per heavy atom. The molecule has 0 saturated carbocycles. The zero-order valence-electron chi connectivity index (χ0n) is 10.2. The van der Waals surface area contributed by atoms with Gasteiger partial charge in [0.25, 0.3) is 0 Å². The van der Waals surface area contributed by atoms with Crippen LogP contribution in [0.3, 0.4) is 0 Å². The highest BCUT2D eigenvalue weighted by Crippen LogP contribution is 2.23. The van der Waals surface area contributed by atoms with Crippen LogP contribution in [-0.4, -0.2) is 17.9 Å². The standard InChI is InChI=1S/C13H16BrFO3/c1-2-13(16)18-10-5-6-12(11(15)9-10)17-8-4-3-7-14/h5-6,9H,2-4,7-8H2,1H3. The predicted molar refractivity (Wildman–Crippen MR) is 70.8 cm³/mol. The van der Waals surface area contributed by atoms with Gasteiger partial charge in [0.1, 0.15) is 5.75 Å². The highest BCUT2D eigenvalue weighted by molar-refractivity contribution is 9.09. The fourth-order valence-corrected chi connectivity index (χ4v) is 1.64. The molecular formula is C13H16BrFO3. The molecule has 0 aliphatic rings. The molecule has 100 valence electrons. The number of rotatable bonds is 7. The number of hydrogen-bond donors (Lipinski definition) is 0. The number of esters is 1. The van der Waals surface area contributed by atoms with Gasteiger partial charge >= 0.3 is 5.97 Å². The molecule has 3 nitrogen and oxygen atoms in total. The third kappa shape index (κ3) is 5.04. The summed E-state index contributed by atoms with van der Waals surface area (Å²) in [4.78, 5) is 11.0. The summed E-state index contributed by atoms with van der Waals surface area (Å²) in [6.07, 6.45) is 2.09. The summed E-state index contributed by atoms with van der Waals surface area (Å²) >= 11 is 3.31. The quantitative estimate of drug-likeness (QED) is 0.333. The van der Waals surface area contributed by atoms with Gasteiger partial charge in [0, 0.05) is 17.8 Å². The molecule has 0 fully saturated rings. The fraction of sp³-hybridized carbons (Fsp3) is 0.462. The van der Waals surface area contributed by atoms with Crippen molar-refractivity contribution in [2.24, 2.45) is 0 Å². The highest BCUT2D eigenvalue weighted by Gasteiger charge is 2.07. The molecule has 0 aliphatic carbocycles. The Kier molecular flexibility index (Phi) is 6.72. The summed E-state index contributed by atoms with van der Waals surface area (Å²) in [6, 6.07) is 4.16. The van der Waals surface area contributed by atoms with E-state index in [1.54, 1.807) is 6.92 Å². The average Bonchev–Trinajstić information content (AvgIpc) is 2.36. The van der Waals surface area contributed by atoms with Crippen LogP contribution in [0.1, 0.15) is 26.2 Å². The lowest BCUT2D eigenvalue weighted by Crippen LogP contribution is -2.06. The first kappa shape index (κ1) is 15.0. The first-order valence-corrected chi connectivity index (χ1v) is 6.98. The van der Waals surface area contributed by atoms with Crippen LogP contribution in [0.4, 0.5) is 4.39 Å². The monoisotopic (exact) mass is 318 g/mol. The first-order chi connectivity index (χ1) is 8.67. The minimum atomic E-state index is -0.518. The van der Waals surface area contributed by atoms with Crippen molar-refractivity contribution >= 4 is 21.9 Å². The van der Waals surface area contributed by atoms with Gasteiger partial charge in [-0.15, -0.1) is 0 Å². The summed E-state index contributed by atoms with van der Waals surface area (Å²) in [5, 5.41) is 0.907. The van der Waals surface area contributed by atoms with Crippen LogP contribution in [0.15, 0.2) is 18.2 Å². The molecule has 0 atom stereocenters. The van der Waals surface area contributed by atoms with Crippen LogP contribution in [0.2, 0.25) is 0 Å². The van der Waals surface area contributed by atoms with E-state index in [9.17, 15) is 9.18 Å². The number of unbranched alkanes of at least 4 members (excludes halogenated alkanes) is 1. The maximum absolute atomic E-state index is 13.6. The van der Waals surface area contributed by atoms with E-state index in [-0.39, 0.29) is 23.9 Å². The molecule has 0 heterocycles. The Bertz CT molecular complexity index is 396.